The van der Waals surface area contributed by atoms with Crippen LogP contribution in [-0.2, 0) is 29.0 Å². The Hall–Kier alpha value is -1.81. The molecule has 0 fully saturated rings. The number of rotatable bonds is 3. The highest BCUT2D eigenvalue weighted by Crippen LogP contribution is 2.31. The quantitative estimate of drug-likeness (QED) is 0.872. The summed E-state index contributed by atoms with van der Waals surface area (Å²) in [4.78, 5) is 14.7. The number of methoxy groups -OCH3 is 1. The number of carbonyl (C=O) groups is 1. The lowest BCUT2D eigenvalue weighted by Gasteiger charge is -2.28. The minimum atomic E-state index is -0.333. The molecule has 1 aromatic carbocycles. The number of carbonyl (C=O) groups excluding carboxylic acids is 1. The first-order chi connectivity index (χ1) is 10.9. The Labute approximate surface area is 138 Å². The van der Waals surface area contributed by atoms with E-state index in [1.165, 1.54) is 22.0 Å². The maximum Gasteiger partial charge on any atom is 0.228 e. The molecule has 1 aliphatic rings. The average molecular weight is 314 g/mol. The van der Waals surface area contributed by atoms with Crippen molar-refractivity contribution in [1.29, 1.82) is 0 Å². The molecule has 1 aromatic heterocycles. The van der Waals surface area contributed by atoms with Gasteiger partial charge >= 0.3 is 0 Å². The van der Waals surface area contributed by atoms with Crippen LogP contribution in [0.5, 0.6) is 0 Å². The normalized spacial score (nSPS) is 15.0. The van der Waals surface area contributed by atoms with Crippen molar-refractivity contribution >= 4 is 16.8 Å². The molecule has 0 bridgehead atoms. The highest BCUT2D eigenvalue weighted by atomic mass is 16.5. The zero-order valence-electron chi connectivity index (χ0n) is 14.6. The summed E-state index contributed by atoms with van der Waals surface area (Å²) in [5, 5.41) is 1.33. The molecular weight excluding hydrogens is 288 g/mol. The summed E-state index contributed by atoms with van der Waals surface area (Å²) in [7, 11) is 1.73. The van der Waals surface area contributed by atoms with Crippen LogP contribution in [0.25, 0.3) is 10.9 Å². The maximum atomic E-state index is 12.7. The van der Waals surface area contributed by atoms with E-state index in [0.29, 0.717) is 13.2 Å². The second-order valence-corrected chi connectivity index (χ2v) is 7.38. The van der Waals surface area contributed by atoms with E-state index < -0.39 is 0 Å². The number of ether oxygens (including phenoxy) is 1. The molecule has 0 unspecified atom stereocenters. The van der Waals surface area contributed by atoms with Crippen molar-refractivity contribution in [2.45, 2.75) is 40.3 Å². The molecule has 0 saturated carbocycles. The summed E-state index contributed by atoms with van der Waals surface area (Å²) in [5.74, 6) is 0.229. The Bertz CT molecular complexity index is 725. The van der Waals surface area contributed by atoms with Crippen LogP contribution in [0.1, 0.15) is 31.9 Å². The van der Waals surface area contributed by atoms with Gasteiger partial charge in [-0.15, -0.1) is 0 Å². The van der Waals surface area contributed by atoms with Crippen LogP contribution < -0.4 is 0 Å². The van der Waals surface area contributed by atoms with Crippen LogP contribution in [0, 0.1) is 5.41 Å². The third-order valence-electron chi connectivity index (χ3n) is 4.55. The Morgan fingerprint density at radius 3 is 2.74 bits per heavy atom. The zero-order chi connectivity index (χ0) is 16.6. The Morgan fingerprint density at radius 2 is 2.04 bits per heavy atom. The van der Waals surface area contributed by atoms with Gasteiger partial charge < -0.3 is 14.2 Å². The average Bonchev–Trinajstić information content (AvgIpc) is 2.75. The molecule has 0 atom stereocenters. The molecule has 1 amide bonds. The standard InChI is InChI=1S/C19H26N2O2/c1-19(2,3)18(22)21-9-8-15-12-20(10-11-23-4)16-7-5-6-14(13-21)17(15)16/h5-7,12H,8-11,13H2,1-4H3. The zero-order valence-corrected chi connectivity index (χ0v) is 14.6. The molecule has 4 heteroatoms. The van der Waals surface area contributed by atoms with Crippen molar-refractivity contribution in [3.05, 3.63) is 35.5 Å². The second-order valence-electron chi connectivity index (χ2n) is 7.38. The molecule has 124 valence electrons. The van der Waals surface area contributed by atoms with Gasteiger partial charge in [-0.25, -0.2) is 0 Å². The Morgan fingerprint density at radius 1 is 1.26 bits per heavy atom. The van der Waals surface area contributed by atoms with Crippen molar-refractivity contribution in [3.63, 3.8) is 0 Å². The Kier molecular flexibility index (Phi) is 4.19. The van der Waals surface area contributed by atoms with E-state index in [1.807, 2.05) is 25.7 Å². The van der Waals surface area contributed by atoms with Crippen LogP contribution in [0.3, 0.4) is 0 Å². The topological polar surface area (TPSA) is 34.5 Å². The van der Waals surface area contributed by atoms with E-state index in [1.54, 1.807) is 7.11 Å². The fraction of sp³-hybridized carbons (Fsp3) is 0.526. The summed E-state index contributed by atoms with van der Waals surface area (Å²) in [6.07, 6.45) is 3.15. The van der Waals surface area contributed by atoms with Crippen LogP contribution in [0.4, 0.5) is 0 Å². The first-order valence-electron chi connectivity index (χ1n) is 8.29. The van der Waals surface area contributed by atoms with Gasteiger partial charge in [0.05, 0.1) is 6.61 Å². The third kappa shape index (κ3) is 3.00. The van der Waals surface area contributed by atoms with Crippen LogP contribution >= 0.6 is 0 Å². The highest BCUT2D eigenvalue weighted by molar-refractivity contribution is 5.89. The van der Waals surface area contributed by atoms with Crippen molar-refractivity contribution in [2.24, 2.45) is 5.41 Å². The molecule has 2 aromatic rings. The summed E-state index contributed by atoms with van der Waals surface area (Å²) in [6, 6.07) is 6.41. The predicted molar refractivity (Wildman–Crippen MR) is 92.4 cm³/mol. The minimum absolute atomic E-state index is 0.229. The van der Waals surface area contributed by atoms with Crippen molar-refractivity contribution < 1.29 is 9.53 Å². The van der Waals surface area contributed by atoms with E-state index >= 15 is 0 Å². The molecule has 4 nitrogen and oxygen atoms in total. The molecular formula is C19H26N2O2. The van der Waals surface area contributed by atoms with Crippen LogP contribution in [0.15, 0.2) is 24.4 Å². The van der Waals surface area contributed by atoms with E-state index in [0.717, 1.165) is 19.5 Å². The van der Waals surface area contributed by atoms with Crippen molar-refractivity contribution in [2.75, 3.05) is 20.3 Å². The molecule has 23 heavy (non-hydrogen) atoms. The minimum Gasteiger partial charge on any atom is -0.383 e. The number of hydrogen-bond donors (Lipinski definition) is 0. The summed E-state index contributed by atoms with van der Waals surface area (Å²) in [5.41, 5.74) is 3.51. The molecule has 0 N–H and O–H groups in total. The van der Waals surface area contributed by atoms with Crippen LogP contribution in [0.2, 0.25) is 0 Å². The van der Waals surface area contributed by atoms with Gasteiger partial charge in [0.1, 0.15) is 0 Å². The lowest BCUT2D eigenvalue weighted by Crippen LogP contribution is -2.39. The fourth-order valence-electron chi connectivity index (χ4n) is 3.40. The van der Waals surface area contributed by atoms with Crippen LogP contribution in [-0.4, -0.2) is 35.6 Å². The van der Waals surface area contributed by atoms with E-state index in [9.17, 15) is 4.79 Å². The summed E-state index contributed by atoms with van der Waals surface area (Å²) in [6.45, 7) is 9.04. The third-order valence-corrected chi connectivity index (χ3v) is 4.55. The monoisotopic (exact) mass is 314 g/mol. The number of amides is 1. The van der Waals surface area contributed by atoms with Gasteiger partial charge in [0.25, 0.3) is 0 Å². The number of hydrogen-bond acceptors (Lipinski definition) is 2. The molecule has 3 rings (SSSR count). The molecule has 0 radical (unpaired) electrons. The maximum absolute atomic E-state index is 12.7. The summed E-state index contributed by atoms with van der Waals surface area (Å²) >= 11 is 0. The van der Waals surface area contributed by atoms with Gasteiger partial charge in [-0.1, -0.05) is 32.9 Å². The lowest BCUT2D eigenvalue weighted by atomic mass is 9.94. The first kappa shape index (κ1) is 16.1. The Balaban J connectivity index is 1.98. The molecule has 1 aliphatic heterocycles. The number of aromatic nitrogens is 1. The molecule has 0 aliphatic carbocycles. The van der Waals surface area contributed by atoms with E-state index in [4.69, 9.17) is 4.74 Å². The van der Waals surface area contributed by atoms with Gasteiger partial charge in [-0.3, -0.25) is 4.79 Å². The van der Waals surface area contributed by atoms with Gasteiger partial charge in [0.2, 0.25) is 5.91 Å². The molecule has 0 spiro atoms. The van der Waals surface area contributed by atoms with Gasteiger partial charge in [-0.05, 0) is 23.6 Å². The largest absolute Gasteiger partial charge is 0.383 e. The smallest absolute Gasteiger partial charge is 0.228 e. The van der Waals surface area contributed by atoms with Gasteiger partial charge in [0.15, 0.2) is 0 Å². The second kappa shape index (κ2) is 6.00. The van der Waals surface area contributed by atoms with Gasteiger partial charge in [-0.2, -0.15) is 0 Å². The van der Waals surface area contributed by atoms with Crippen molar-refractivity contribution in [1.82, 2.24) is 9.47 Å². The van der Waals surface area contributed by atoms with E-state index in [-0.39, 0.29) is 11.3 Å². The van der Waals surface area contributed by atoms with Gasteiger partial charge in [0, 0.05) is 49.3 Å². The SMILES string of the molecule is COCCn1cc2c3c(cccc31)CN(C(=O)C(C)(C)C)CC2. The first-order valence-corrected chi connectivity index (χ1v) is 8.29. The number of nitrogens with zero attached hydrogens (tertiary/aromatic N) is 2. The lowest BCUT2D eigenvalue weighted by molar-refractivity contribution is -0.140. The number of benzene rings is 1. The van der Waals surface area contributed by atoms with Crippen molar-refractivity contribution in [3.8, 4) is 0 Å². The highest BCUT2D eigenvalue weighted by Gasteiger charge is 2.29. The molecule has 0 saturated heterocycles. The predicted octanol–water partition coefficient (Wildman–Crippen LogP) is 3.22. The fourth-order valence-corrected chi connectivity index (χ4v) is 3.40. The van der Waals surface area contributed by atoms with E-state index in [2.05, 4.69) is 29.0 Å². The molecule has 2 heterocycles. The summed E-state index contributed by atoms with van der Waals surface area (Å²) < 4.78 is 7.50.